The fraction of sp³-hybridized carbons (Fsp3) is 0.333. The van der Waals surface area contributed by atoms with Gasteiger partial charge in [0.05, 0.1) is 5.56 Å². The lowest BCUT2D eigenvalue weighted by Gasteiger charge is -2.20. The molecule has 0 fully saturated rings. The highest BCUT2D eigenvalue weighted by molar-refractivity contribution is 5.44. The fourth-order valence-corrected chi connectivity index (χ4v) is 2.89. The van der Waals surface area contributed by atoms with E-state index < -0.39 is 11.7 Å². The first-order valence-electron chi connectivity index (χ1n) is 9.92. The molecule has 0 atom stereocenters. The molecule has 0 radical (unpaired) electrons. The normalized spacial score (nSPS) is 11.3. The van der Waals surface area contributed by atoms with Gasteiger partial charge in [0.2, 0.25) is 17.8 Å². The second-order valence-electron chi connectivity index (χ2n) is 6.72. The molecule has 7 nitrogen and oxygen atoms in total. The lowest BCUT2D eigenvalue weighted by atomic mass is 10.1. The van der Waals surface area contributed by atoms with Crippen LogP contribution in [-0.2, 0) is 19.3 Å². The second kappa shape index (κ2) is 10.1. The Hall–Kier alpha value is -3.43. The average Bonchev–Trinajstić information content (AvgIpc) is 2.77. The summed E-state index contributed by atoms with van der Waals surface area (Å²) in [6.45, 7) is 6.01. The highest BCUT2D eigenvalue weighted by Gasteiger charge is 2.30. The molecule has 1 aromatic carbocycles. The van der Waals surface area contributed by atoms with E-state index in [0.29, 0.717) is 37.1 Å². The van der Waals surface area contributed by atoms with E-state index in [0.717, 1.165) is 17.7 Å². The number of alkyl halides is 3. The highest BCUT2D eigenvalue weighted by atomic mass is 19.4. The SMILES string of the molecule is CCN(CC)c1nc(NCc2cccnc2)nc(NCc2cccc(C(F)(F)F)c2)n1. The zero-order valence-electron chi connectivity index (χ0n) is 17.3. The number of pyridine rings is 1. The standard InChI is InChI=1S/C21H24F3N7/c1-3-31(4-2)20-29-18(26-13-15-7-5-9-17(11-15)21(22,23)24)28-19(30-20)27-14-16-8-6-10-25-12-16/h5-12H,3-4,13-14H2,1-2H3,(H2,26,27,28,29,30). The molecule has 2 aromatic heterocycles. The smallest absolute Gasteiger partial charge is 0.350 e. The molecule has 0 aliphatic carbocycles. The lowest BCUT2D eigenvalue weighted by Crippen LogP contribution is -2.25. The molecule has 31 heavy (non-hydrogen) atoms. The van der Waals surface area contributed by atoms with Gasteiger partial charge in [0.1, 0.15) is 0 Å². The highest BCUT2D eigenvalue weighted by Crippen LogP contribution is 2.29. The van der Waals surface area contributed by atoms with Gasteiger partial charge in [-0.15, -0.1) is 0 Å². The van der Waals surface area contributed by atoms with Gasteiger partial charge in [-0.3, -0.25) is 4.98 Å². The van der Waals surface area contributed by atoms with Crippen LogP contribution < -0.4 is 15.5 Å². The summed E-state index contributed by atoms with van der Waals surface area (Å²) in [7, 11) is 0. The number of benzene rings is 1. The van der Waals surface area contributed by atoms with Crippen molar-refractivity contribution in [3.05, 3.63) is 65.5 Å². The first-order valence-corrected chi connectivity index (χ1v) is 9.92. The molecule has 0 amide bonds. The summed E-state index contributed by atoms with van der Waals surface area (Å²) in [5.74, 6) is 1.13. The molecule has 10 heteroatoms. The van der Waals surface area contributed by atoms with E-state index in [1.165, 1.54) is 6.07 Å². The molecule has 0 bridgehead atoms. The van der Waals surface area contributed by atoms with Crippen LogP contribution in [0.15, 0.2) is 48.8 Å². The summed E-state index contributed by atoms with van der Waals surface area (Å²) < 4.78 is 38.9. The molecule has 0 unspecified atom stereocenters. The van der Waals surface area contributed by atoms with Crippen LogP contribution in [0.3, 0.4) is 0 Å². The van der Waals surface area contributed by atoms with E-state index in [9.17, 15) is 13.2 Å². The van der Waals surface area contributed by atoms with Crippen molar-refractivity contribution in [2.75, 3.05) is 28.6 Å². The van der Waals surface area contributed by atoms with Gasteiger partial charge in [0.15, 0.2) is 0 Å². The molecule has 0 spiro atoms. The van der Waals surface area contributed by atoms with E-state index >= 15 is 0 Å². The van der Waals surface area contributed by atoms with Gasteiger partial charge in [0.25, 0.3) is 0 Å². The van der Waals surface area contributed by atoms with Gasteiger partial charge >= 0.3 is 6.18 Å². The maximum atomic E-state index is 13.0. The Morgan fingerprint density at radius 3 is 2.10 bits per heavy atom. The summed E-state index contributed by atoms with van der Waals surface area (Å²) in [6, 6.07) is 8.94. The second-order valence-corrected chi connectivity index (χ2v) is 6.72. The van der Waals surface area contributed by atoms with E-state index in [2.05, 4.69) is 30.6 Å². The third-order valence-corrected chi connectivity index (χ3v) is 4.55. The molecule has 3 rings (SSSR count). The number of aromatic nitrogens is 4. The minimum absolute atomic E-state index is 0.146. The first-order chi connectivity index (χ1) is 14.9. The molecule has 164 valence electrons. The largest absolute Gasteiger partial charge is 0.416 e. The minimum Gasteiger partial charge on any atom is -0.350 e. The minimum atomic E-state index is -4.39. The Kier molecular flexibility index (Phi) is 7.22. The van der Waals surface area contributed by atoms with Crippen LogP contribution in [0.4, 0.5) is 31.0 Å². The van der Waals surface area contributed by atoms with Crippen molar-refractivity contribution in [1.29, 1.82) is 0 Å². The third-order valence-electron chi connectivity index (χ3n) is 4.55. The molecular formula is C21H24F3N7. The topological polar surface area (TPSA) is 78.9 Å². The molecule has 0 saturated heterocycles. The number of nitrogens with one attached hydrogen (secondary N) is 2. The van der Waals surface area contributed by atoms with Crippen LogP contribution in [0, 0.1) is 0 Å². The van der Waals surface area contributed by atoms with E-state index in [1.807, 2.05) is 30.9 Å². The molecule has 2 heterocycles. The lowest BCUT2D eigenvalue weighted by molar-refractivity contribution is -0.137. The Morgan fingerprint density at radius 2 is 1.52 bits per heavy atom. The van der Waals surface area contributed by atoms with Crippen LogP contribution in [-0.4, -0.2) is 33.0 Å². The quantitative estimate of drug-likeness (QED) is 0.521. The van der Waals surface area contributed by atoms with Crippen LogP contribution >= 0.6 is 0 Å². The van der Waals surface area contributed by atoms with Gasteiger partial charge < -0.3 is 15.5 Å². The maximum absolute atomic E-state index is 13.0. The summed E-state index contributed by atoms with van der Waals surface area (Å²) in [5.41, 5.74) is 0.750. The Morgan fingerprint density at radius 1 is 0.871 bits per heavy atom. The van der Waals surface area contributed by atoms with Gasteiger partial charge in [-0.05, 0) is 43.2 Å². The predicted octanol–water partition coefficient (Wildman–Crippen LogP) is 4.36. The molecule has 2 N–H and O–H groups in total. The summed E-state index contributed by atoms with van der Waals surface area (Å²) in [4.78, 5) is 19.3. The molecule has 0 saturated carbocycles. The number of nitrogens with zero attached hydrogens (tertiary/aromatic N) is 5. The number of anilines is 3. The van der Waals surface area contributed by atoms with Crippen molar-refractivity contribution in [2.45, 2.75) is 33.1 Å². The number of rotatable bonds is 9. The monoisotopic (exact) mass is 431 g/mol. The zero-order chi connectivity index (χ0) is 22.3. The third kappa shape index (κ3) is 6.27. The van der Waals surface area contributed by atoms with E-state index in [4.69, 9.17) is 0 Å². The number of hydrogen-bond acceptors (Lipinski definition) is 7. The van der Waals surface area contributed by atoms with Gasteiger partial charge in [-0.1, -0.05) is 18.2 Å². The summed E-state index contributed by atoms with van der Waals surface area (Å²) >= 11 is 0. The van der Waals surface area contributed by atoms with Crippen molar-refractivity contribution in [3.8, 4) is 0 Å². The Labute approximate surface area is 178 Å². The summed E-state index contributed by atoms with van der Waals surface area (Å²) in [5, 5.41) is 6.17. The molecular weight excluding hydrogens is 407 g/mol. The van der Waals surface area contributed by atoms with Crippen LogP contribution in [0.2, 0.25) is 0 Å². The zero-order valence-corrected chi connectivity index (χ0v) is 17.3. The molecule has 0 aliphatic heterocycles. The maximum Gasteiger partial charge on any atom is 0.416 e. The Bertz CT molecular complexity index is 976. The first kappa shape index (κ1) is 22.3. The van der Waals surface area contributed by atoms with Crippen LogP contribution in [0.25, 0.3) is 0 Å². The molecule has 3 aromatic rings. The van der Waals surface area contributed by atoms with Crippen LogP contribution in [0.1, 0.15) is 30.5 Å². The number of hydrogen-bond donors (Lipinski definition) is 2. The summed E-state index contributed by atoms with van der Waals surface area (Å²) in [6.07, 6.45) is -0.949. The van der Waals surface area contributed by atoms with Crippen molar-refractivity contribution >= 4 is 17.8 Å². The predicted molar refractivity (Wildman–Crippen MR) is 114 cm³/mol. The van der Waals surface area contributed by atoms with E-state index in [1.54, 1.807) is 18.5 Å². The average molecular weight is 431 g/mol. The number of halogens is 3. The van der Waals surface area contributed by atoms with E-state index in [-0.39, 0.29) is 12.5 Å². The van der Waals surface area contributed by atoms with Crippen molar-refractivity contribution in [3.63, 3.8) is 0 Å². The van der Waals surface area contributed by atoms with Gasteiger partial charge in [0, 0.05) is 38.6 Å². The van der Waals surface area contributed by atoms with Gasteiger partial charge in [-0.25, -0.2) is 0 Å². The van der Waals surface area contributed by atoms with Crippen molar-refractivity contribution < 1.29 is 13.2 Å². The molecule has 0 aliphatic rings. The van der Waals surface area contributed by atoms with Crippen LogP contribution in [0.5, 0.6) is 0 Å². The van der Waals surface area contributed by atoms with Crippen molar-refractivity contribution in [2.24, 2.45) is 0 Å². The van der Waals surface area contributed by atoms with Gasteiger partial charge in [-0.2, -0.15) is 28.1 Å². The van der Waals surface area contributed by atoms with Crippen molar-refractivity contribution in [1.82, 2.24) is 19.9 Å². The Balaban J connectivity index is 1.79. The fourth-order valence-electron chi connectivity index (χ4n) is 2.89.